The average molecular weight is 365 g/mol. The third kappa shape index (κ3) is 4.66. The minimum atomic E-state index is -4.07. The van der Waals surface area contributed by atoms with Crippen molar-refractivity contribution in [3.63, 3.8) is 0 Å². The largest absolute Gasteiger partial charge is 0.462 e. The second-order valence-electron chi connectivity index (χ2n) is 5.38. The van der Waals surface area contributed by atoms with Crippen LogP contribution >= 0.6 is 0 Å². The number of nitrogens with one attached hydrogen (secondary N) is 1. The molecule has 1 aromatic rings. The summed E-state index contributed by atoms with van der Waals surface area (Å²) in [4.78, 5) is 24.0. The molecule has 0 aromatic heterocycles. The van der Waals surface area contributed by atoms with E-state index in [1.165, 1.54) is 6.92 Å². The topological polar surface area (TPSA) is 105 Å². The van der Waals surface area contributed by atoms with Gasteiger partial charge in [0.05, 0.1) is 17.9 Å². The van der Waals surface area contributed by atoms with Crippen molar-refractivity contribution < 1.29 is 22.7 Å². The van der Waals surface area contributed by atoms with Crippen LogP contribution < -0.4 is 5.32 Å². The van der Waals surface area contributed by atoms with E-state index in [1.54, 1.807) is 19.1 Å². The summed E-state index contributed by atoms with van der Waals surface area (Å²) >= 11 is 0. The normalized spacial score (nSPS) is 15.9. The van der Waals surface area contributed by atoms with E-state index < -0.39 is 28.6 Å². The first-order valence-corrected chi connectivity index (χ1v) is 8.97. The number of carbonyl (C=O) groups excluding carboxylic acids is 2. The highest BCUT2D eigenvalue weighted by Gasteiger charge is 2.30. The van der Waals surface area contributed by atoms with Crippen LogP contribution in [0.3, 0.4) is 0 Å². The molecule has 0 saturated carbocycles. The predicted octanol–water partition coefficient (Wildman–Crippen LogP) is 1.40. The van der Waals surface area contributed by atoms with Crippen LogP contribution in [0.5, 0.6) is 0 Å². The monoisotopic (exact) mass is 365 g/mol. The maximum absolute atomic E-state index is 12.1. The number of anilines is 1. The molecule has 1 N–H and O–H groups in total. The van der Waals surface area contributed by atoms with Gasteiger partial charge in [0.1, 0.15) is 6.54 Å². The zero-order valence-corrected chi connectivity index (χ0v) is 15.0. The molecule has 1 amide bonds. The SMILES string of the molecule is CCOC(=O)C1=CN(CC(=O)Nc2ccc(C)cc2)S(=O)(=O)N=C1C. The van der Waals surface area contributed by atoms with Crippen LogP contribution in [0, 0.1) is 6.92 Å². The van der Waals surface area contributed by atoms with Gasteiger partial charge in [-0.3, -0.25) is 4.79 Å². The number of aryl methyl sites for hydroxylation is 1. The number of carbonyl (C=O) groups is 2. The summed E-state index contributed by atoms with van der Waals surface area (Å²) in [5, 5.41) is 2.60. The van der Waals surface area contributed by atoms with Gasteiger partial charge in [-0.25, -0.2) is 9.10 Å². The first-order valence-electron chi connectivity index (χ1n) is 7.57. The number of esters is 1. The number of amides is 1. The molecular weight excluding hydrogens is 346 g/mol. The van der Waals surface area contributed by atoms with E-state index in [9.17, 15) is 18.0 Å². The Labute approximate surface area is 146 Å². The highest BCUT2D eigenvalue weighted by atomic mass is 32.2. The second kappa shape index (κ2) is 7.47. The Morgan fingerprint density at radius 3 is 2.44 bits per heavy atom. The molecule has 134 valence electrons. The van der Waals surface area contributed by atoms with Crippen molar-refractivity contribution in [2.24, 2.45) is 4.40 Å². The average Bonchev–Trinajstić information content (AvgIpc) is 2.52. The van der Waals surface area contributed by atoms with Gasteiger partial charge in [-0.2, -0.15) is 8.42 Å². The highest BCUT2D eigenvalue weighted by Crippen LogP contribution is 2.18. The Bertz CT molecular complexity index is 841. The van der Waals surface area contributed by atoms with Crippen LogP contribution in [0.25, 0.3) is 0 Å². The summed E-state index contributed by atoms with van der Waals surface area (Å²) in [5.74, 6) is -1.25. The molecule has 1 aliphatic rings. The first-order chi connectivity index (χ1) is 11.7. The second-order valence-corrected chi connectivity index (χ2v) is 6.92. The lowest BCUT2D eigenvalue weighted by Gasteiger charge is -2.22. The number of ether oxygens (including phenoxy) is 1. The van der Waals surface area contributed by atoms with Gasteiger partial charge in [0.25, 0.3) is 0 Å². The molecule has 0 spiro atoms. The van der Waals surface area contributed by atoms with Crippen molar-refractivity contribution in [1.82, 2.24) is 4.31 Å². The predicted molar refractivity (Wildman–Crippen MR) is 93.3 cm³/mol. The van der Waals surface area contributed by atoms with Crippen LogP contribution in [-0.2, 0) is 24.5 Å². The van der Waals surface area contributed by atoms with Gasteiger partial charge >= 0.3 is 16.2 Å². The lowest BCUT2D eigenvalue weighted by molar-refractivity contribution is -0.138. The number of benzene rings is 1. The molecule has 0 saturated heterocycles. The molecule has 0 fully saturated rings. The summed E-state index contributed by atoms with van der Waals surface area (Å²) in [6.45, 7) is 4.58. The van der Waals surface area contributed by atoms with Crippen LogP contribution in [0.15, 0.2) is 40.4 Å². The van der Waals surface area contributed by atoms with E-state index in [-0.39, 0.29) is 17.9 Å². The Morgan fingerprint density at radius 2 is 1.84 bits per heavy atom. The quantitative estimate of drug-likeness (QED) is 0.794. The van der Waals surface area contributed by atoms with Gasteiger partial charge < -0.3 is 10.1 Å². The summed E-state index contributed by atoms with van der Waals surface area (Å²) < 4.78 is 33.3. The third-order valence-corrected chi connectivity index (χ3v) is 4.67. The molecule has 0 aliphatic carbocycles. The van der Waals surface area contributed by atoms with E-state index >= 15 is 0 Å². The maximum Gasteiger partial charge on any atom is 0.344 e. The van der Waals surface area contributed by atoms with Crippen molar-refractivity contribution in [1.29, 1.82) is 0 Å². The van der Waals surface area contributed by atoms with Gasteiger partial charge in [-0.05, 0) is 32.9 Å². The zero-order chi connectivity index (χ0) is 18.6. The summed E-state index contributed by atoms with van der Waals surface area (Å²) in [6, 6.07) is 7.06. The Kier molecular flexibility index (Phi) is 5.58. The number of nitrogens with zero attached hydrogens (tertiary/aromatic N) is 2. The molecule has 25 heavy (non-hydrogen) atoms. The van der Waals surface area contributed by atoms with Crippen molar-refractivity contribution >= 4 is 33.5 Å². The molecule has 8 nitrogen and oxygen atoms in total. The first kappa shape index (κ1) is 18.7. The Hall–Kier alpha value is -2.68. The molecule has 0 unspecified atom stereocenters. The van der Waals surface area contributed by atoms with Crippen molar-refractivity contribution in [3.05, 3.63) is 41.6 Å². The number of hydrogen-bond acceptors (Lipinski definition) is 5. The van der Waals surface area contributed by atoms with Gasteiger partial charge in [-0.15, -0.1) is 4.40 Å². The molecule has 9 heteroatoms. The molecule has 1 aromatic carbocycles. The van der Waals surface area contributed by atoms with E-state index in [4.69, 9.17) is 4.74 Å². The molecule has 0 atom stereocenters. The molecule has 1 heterocycles. The summed E-state index contributed by atoms with van der Waals surface area (Å²) in [6.07, 6.45) is 1.07. The smallest absolute Gasteiger partial charge is 0.344 e. The Morgan fingerprint density at radius 1 is 1.20 bits per heavy atom. The minimum absolute atomic E-state index is 0.000175. The van der Waals surface area contributed by atoms with Crippen molar-refractivity contribution in [2.75, 3.05) is 18.5 Å². The molecule has 0 bridgehead atoms. The fraction of sp³-hybridized carbons (Fsp3) is 0.312. The van der Waals surface area contributed by atoms with E-state index in [0.29, 0.717) is 5.69 Å². The lowest BCUT2D eigenvalue weighted by Crippen LogP contribution is -2.37. The molecule has 1 aliphatic heterocycles. The van der Waals surface area contributed by atoms with Crippen LogP contribution in [0.2, 0.25) is 0 Å². The molecule has 0 radical (unpaired) electrons. The zero-order valence-electron chi connectivity index (χ0n) is 14.1. The third-order valence-electron chi connectivity index (χ3n) is 3.34. The van der Waals surface area contributed by atoms with Crippen molar-refractivity contribution in [3.8, 4) is 0 Å². The van der Waals surface area contributed by atoms with Crippen molar-refractivity contribution in [2.45, 2.75) is 20.8 Å². The van der Waals surface area contributed by atoms with E-state index in [0.717, 1.165) is 16.1 Å². The maximum atomic E-state index is 12.1. The van der Waals surface area contributed by atoms with Gasteiger partial charge in [-0.1, -0.05) is 17.7 Å². The summed E-state index contributed by atoms with van der Waals surface area (Å²) in [5.41, 5.74) is 1.59. The summed E-state index contributed by atoms with van der Waals surface area (Å²) in [7, 11) is -4.07. The van der Waals surface area contributed by atoms with Gasteiger partial charge in [0.15, 0.2) is 0 Å². The van der Waals surface area contributed by atoms with Crippen LogP contribution in [0.1, 0.15) is 19.4 Å². The van der Waals surface area contributed by atoms with Crippen LogP contribution in [0.4, 0.5) is 5.69 Å². The fourth-order valence-electron chi connectivity index (χ4n) is 2.09. The minimum Gasteiger partial charge on any atom is -0.462 e. The Balaban J connectivity index is 2.16. The molecule has 2 rings (SSSR count). The molecular formula is C16H19N3O5S. The van der Waals surface area contributed by atoms with E-state index in [1.807, 2.05) is 19.1 Å². The number of hydrogen-bond donors (Lipinski definition) is 1. The standard InChI is InChI=1S/C16H19N3O5S/c1-4-24-16(21)14-9-19(25(22,23)18-12(14)3)10-15(20)17-13-7-5-11(2)6-8-13/h5-9H,4,10H2,1-3H3,(H,17,20). The fourth-order valence-corrected chi connectivity index (χ4v) is 3.16. The number of rotatable bonds is 5. The highest BCUT2D eigenvalue weighted by molar-refractivity contribution is 7.88. The van der Waals surface area contributed by atoms with Crippen LogP contribution in [-0.4, -0.2) is 43.5 Å². The van der Waals surface area contributed by atoms with E-state index in [2.05, 4.69) is 9.71 Å². The lowest BCUT2D eigenvalue weighted by atomic mass is 10.2. The van der Waals surface area contributed by atoms with Gasteiger partial charge in [0, 0.05) is 11.9 Å². The van der Waals surface area contributed by atoms with Gasteiger partial charge in [0.2, 0.25) is 5.91 Å².